The molecule has 2 aliphatic heterocycles. The summed E-state index contributed by atoms with van der Waals surface area (Å²) >= 11 is 0. The highest BCUT2D eigenvalue weighted by Crippen LogP contribution is 2.35. The van der Waals surface area contributed by atoms with E-state index in [2.05, 4.69) is 20.8 Å². The van der Waals surface area contributed by atoms with Crippen molar-refractivity contribution >= 4 is 32.5 Å². The number of allylic oxidation sites excluding steroid dienone is 1. The Morgan fingerprint density at radius 3 is 1.39 bits per heavy atom. The molecule has 2 saturated heterocycles. The van der Waals surface area contributed by atoms with Crippen molar-refractivity contribution in [3.8, 4) is 0 Å². The van der Waals surface area contributed by atoms with Gasteiger partial charge < -0.3 is 44.1 Å². The van der Waals surface area contributed by atoms with Gasteiger partial charge in [-0.2, -0.15) is 16.8 Å². The number of carbonyl (C=O) groups is 2. The van der Waals surface area contributed by atoms with Crippen molar-refractivity contribution in [3.05, 3.63) is 11.6 Å². The molecule has 0 aliphatic carbocycles. The summed E-state index contributed by atoms with van der Waals surface area (Å²) in [5.74, 6) is -1.36. The van der Waals surface area contributed by atoms with Crippen LogP contribution in [0.5, 0.6) is 0 Å². The van der Waals surface area contributed by atoms with E-state index in [4.69, 9.17) is 32.1 Å². The number of hydrogen-bond donors (Lipinski definition) is 5. The Balaban J connectivity index is 2.18. The lowest BCUT2D eigenvalue weighted by atomic mass is 9.91. The van der Waals surface area contributed by atoms with Gasteiger partial charge in [-0.3, -0.25) is 13.5 Å². The number of carbonyl (C=O) groups excluding carboxylic acids is 2. The maximum atomic E-state index is 13.9. The number of esters is 2. The second kappa shape index (κ2) is 38.7. The fourth-order valence-corrected chi connectivity index (χ4v) is 11.1. The van der Waals surface area contributed by atoms with Crippen LogP contribution in [-0.2, 0) is 62.2 Å². The molecule has 5 N–H and O–H groups in total. The molecule has 0 amide bonds. The van der Waals surface area contributed by atoms with Crippen LogP contribution in [0.1, 0.15) is 227 Å². The van der Waals surface area contributed by atoms with Gasteiger partial charge in [-0.15, -0.1) is 0 Å². The minimum absolute atomic E-state index is 0.0425. The van der Waals surface area contributed by atoms with Crippen molar-refractivity contribution in [2.24, 2.45) is 11.8 Å². The minimum atomic E-state index is -5.48. The van der Waals surface area contributed by atoms with Gasteiger partial charge in [0.05, 0.1) is 19.5 Å². The van der Waals surface area contributed by atoms with Crippen LogP contribution in [0.4, 0.5) is 0 Å². The number of ether oxygens (including phenoxy) is 5. The maximum Gasteiger partial charge on any atom is 0.397 e. The molecule has 18 nitrogen and oxygen atoms in total. The van der Waals surface area contributed by atoms with E-state index in [1.807, 2.05) is 6.92 Å². The van der Waals surface area contributed by atoms with Crippen LogP contribution in [0.25, 0.3) is 0 Å². The molecule has 0 saturated carbocycles. The Labute approximate surface area is 445 Å². The van der Waals surface area contributed by atoms with E-state index in [-0.39, 0.29) is 17.9 Å². The monoisotopic (exact) mass is 1100 g/mol. The van der Waals surface area contributed by atoms with Crippen LogP contribution < -0.4 is 0 Å². The molecule has 2 fully saturated rings. The summed E-state index contributed by atoms with van der Waals surface area (Å²) in [4.78, 5) is 27.5. The van der Waals surface area contributed by atoms with Crippen LogP contribution >= 0.6 is 0 Å². The highest BCUT2D eigenvalue weighted by molar-refractivity contribution is 7.86. The van der Waals surface area contributed by atoms with Crippen molar-refractivity contribution in [2.45, 2.75) is 289 Å². The summed E-state index contributed by atoms with van der Waals surface area (Å²) in [5, 5.41) is 42.8. The zero-order valence-electron chi connectivity index (χ0n) is 46.0. The van der Waals surface area contributed by atoms with E-state index in [0.29, 0.717) is 25.0 Å². The highest BCUT2D eigenvalue weighted by Gasteiger charge is 2.56. The first-order chi connectivity index (χ1) is 35.2. The largest absolute Gasteiger partial charge is 0.453 e. The van der Waals surface area contributed by atoms with Gasteiger partial charge in [-0.25, -0.2) is 8.98 Å². The normalized spacial score (nSPS) is 25.7. The molecule has 0 bridgehead atoms. The van der Waals surface area contributed by atoms with Gasteiger partial charge in [-0.05, 0) is 31.6 Å². The topological polar surface area (TPSA) is 268 Å². The lowest BCUT2D eigenvalue weighted by Gasteiger charge is -2.46. The van der Waals surface area contributed by atoms with E-state index < -0.39 is 107 Å². The lowest BCUT2D eigenvalue weighted by Crippen LogP contribution is -2.66. The van der Waals surface area contributed by atoms with Crippen LogP contribution in [0.15, 0.2) is 11.6 Å². The predicted molar refractivity (Wildman–Crippen MR) is 282 cm³/mol. The molecule has 0 aromatic rings. The molecule has 12 atom stereocenters. The van der Waals surface area contributed by atoms with E-state index in [9.17, 15) is 51.4 Å². The second-order valence-electron chi connectivity index (χ2n) is 21.2. The zero-order chi connectivity index (χ0) is 54.9. The Morgan fingerprint density at radius 1 is 0.568 bits per heavy atom. The average Bonchev–Trinajstić information content (AvgIpc) is 3.33. The third-order valence-corrected chi connectivity index (χ3v) is 15.1. The fourth-order valence-electron chi connectivity index (χ4n) is 9.97. The molecule has 2 rings (SSSR count). The molecule has 0 aromatic heterocycles. The van der Waals surface area contributed by atoms with Crippen molar-refractivity contribution in [2.75, 3.05) is 19.5 Å². The number of aliphatic hydroxyl groups excluding tert-OH is 4. The number of unbranched alkanes of at least 4 members (excludes halogenated alkanes) is 25. The quantitative estimate of drug-likeness (QED) is 0.0125. The van der Waals surface area contributed by atoms with E-state index in [1.54, 1.807) is 13.0 Å². The van der Waals surface area contributed by atoms with E-state index in [1.165, 1.54) is 128 Å². The van der Waals surface area contributed by atoms with Crippen molar-refractivity contribution in [1.29, 1.82) is 0 Å². The standard InChI is InChI=1S/C54H100O18S2/c1-7-9-11-13-15-17-19-21-23-24-26-28-30-32-34-40(3)36-41(4)37-42(5)52(60)69-48-46(58)43(38-55)66-53(50(48)68-45(57)35-33-31-29-27-25-22-20-18-16-14-12-10-8-2)70-54-51(72-74(63,64)65)49(71-73(6,61)62)47(59)44(39-56)67-54/h37,40-41,43-44,46-51,53-56,58-59H,7-36,38-39H2,1-6H3,(H,63,64,65)/b42-37+/t40-,41-,43+,44+,46+,47+,48-,49-,50+,51+,53+,54+/m0/s1. The first-order valence-electron chi connectivity index (χ1n) is 28.4. The van der Waals surface area contributed by atoms with Crippen LogP contribution in [0.3, 0.4) is 0 Å². The lowest BCUT2D eigenvalue weighted by molar-refractivity contribution is -0.373. The summed E-state index contributed by atoms with van der Waals surface area (Å²) in [6.45, 7) is 8.28. The van der Waals surface area contributed by atoms with Crippen molar-refractivity contribution in [3.63, 3.8) is 0 Å². The maximum absolute atomic E-state index is 13.9. The first-order valence-corrected chi connectivity index (χ1v) is 31.6. The van der Waals surface area contributed by atoms with Crippen molar-refractivity contribution < 1.29 is 83.5 Å². The first kappa shape index (κ1) is 68.3. The van der Waals surface area contributed by atoms with Gasteiger partial charge in [0.15, 0.2) is 24.6 Å². The average molecular weight is 1100 g/mol. The SMILES string of the molecule is CCCCCCCCCCCCCCCC[C@H](C)C[C@H](C)/C=C(\C)C(=O)O[C@H]1[C@H](O)[C@@H](CO)O[C@H](O[C@H]2O[C@H](CO)[C@@H](O)[C@H](OS(C)(=O)=O)[C@H]2OS(=O)(=O)O)[C@@H]1OC(=O)CCCCCCCCCCCCCCC. The third-order valence-electron chi connectivity index (χ3n) is 14.1. The summed E-state index contributed by atoms with van der Waals surface area (Å²) < 4.78 is 97.3. The van der Waals surface area contributed by atoms with Crippen LogP contribution in [0.2, 0.25) is 0 Å². The number of aliphatic hydroxyl groups is 4. The minimum Gasteiger partial charge on any atom is -0.453 e. The number of rotatable bonds is 43. The molecule has 0 aromatic carbocycles. The van der Waals surface area contributed by atoms with Gasteiger partial charge >= 0.3 is 22.3 Å². The Kier molecular flexibility index (Phi) is 35.7. The summed E-state index contributed by atoms with van der Waals surface area (Å²) in [5.41, 5.74) is 0.188. The predicted octanol–water partition coefficient (Wildman–Crippen LogP) is 9.48. The Bertz CT molecular complexity index is 1750. The van der Waals surface area contributed by atoms with Gasteiger partial charge in [-0.1, -0.05) is 207 Å². The summed E-state index contributed by atoms with van der Waals surface area (Å²) in [7, 11) is -9.98. The molecule has 436 valence electrons. The molecule has 74 heavy (non-hydrogen) atoms. The number of hydrogen-bond acceptors (Lipinski definition) is 17. The van der Waals surface area contributed by atoms with Gasteiger partial charge in [0.25, 0.3) is 10.1 Å². The van der Waals surface area contributed by atoms with Crippen LogP contribution in [-0.4, -0.2) is 135 Å². The van der Waals surface area contributed by atoms with Gasteiger partial charge in [0, 0.05) is 12.0 Å². The second-order valence-corrected chi connectivity index (χ2v) is 23.8. The molecule has 0 spiro atoms. The molecule has 2 heterocycles. The van der Waals surface area contributed by atoms with Crippen LogP contribution in [0, 0.1) is 11.8 Å². The molecule has 0 unspecified atom stereocenters. The summed E-state index contributed by atoms with van der Waals surface area (Å²) in [6, 6.07) is 0. The van der Waals surface area contributed by atoms with E-state index in [0.717, 1.165) is 44.9 Å². The molecule has 0 radical (unpaired) electrons. The molecular formula is C54H100O18S2. The summed E-state index contributed by atoms with van der Waals surface area (Å²) in [6.07, 6.45) is 16.6. The van der Waals surface area contributed by atoms with Gasteiger partial charge in [0.1, 0.15) is 30.5 Å². The highest BCUT2D eigenvalue weighted by atomic mass is 32.3. The molecular weight excluding hydrogens is 1000 g/mol. The van der Waals surface area contributed by atoms with Crippen molar-refractivity contribution in [1.82, 2.24) is 0 Å². The molecule has 2 aliphatic rings. The third kappa shape index (κ3) is 29.2. The Morgan fingerprint density at radius 2 is 0.973 bits per heavy atom. The smallest absolute Gasteiger partial charge is 0.397 e. The fraction of sp³-hybridized carbons (Fsp3) is 0.926. The molecule has 20 heteroatoms. The Hall–Kier alpha value is -1.82. The van der Waals surface area contributed by atoms with E-state index >= 15 is 0 Å². The zero-order valence-corrected chi connectivity index (χ0v) is 47.6. The van der Waals surface area contributed by atoms with Gasteiger partial charge in [0.2, 0.25) is 6.29 Å².